The number of benzene rings is 2. The molecule has 2 amide bonds. The van der Waals surface area contributed by atoms with Crippen molar-refractivity contribution in [3.63, 3.8) is 0 Å². The maximum absolute atomic E-state index is 13.0. The number of hydrogen-bond donors (Lipinski definition) is 2. The van der Waals surface area contributed by atoms with Crippen LogP contribution in [0, 0.1) is 13.8 Å². The van der Waals surface area contributed by atoms with Gasteiger partial charge in [-0.1, -0.05) is 42.5 Å². The second-order valence-corrected chi connectivity index (χ2v) is 8.27. The average molecular weight is 435 g/mol. The molecular weight excluding hydrogens is 408 g/mol. The van der Waals surface area contributed by atoms with E-state index in [-0.39, 0.29) is 23.6 Å². The van der Waals surface area contributed by atoms with Gasteiger partial charge in [-0.25, -0.2) is 0 Å². The molecule has 0 saturated heterocycles. The number of aryl methyl sites for hydroxylation is 2. The molecule has 3 rings (SSSR count). The summed E-state index contributed by atoms with van der Waals surface area (Å²) in [4.78, 5) is 26.6. The fourth-order valence-corrected chi connectivity index (χ4v) is 3.63. The van der Waals surface area contributed by atoms with Gasteiger partial charge in [-0.2, -0.15) is 0 Å². The number of hydrogen-bond acceptors (Lipinski definition) is 4. The highest BCUT2D eigenvalue weighted by Gasteiger charge is 2.18. The highest BCUT2D eigenvalue weighted by molar-refractivity contribution is 7.10. The average Bonchev–Trinajstić information content (AvgIpc) is 3.26. The van der Waals surface area contributed by atoms with Crippen molar-refractivity contribution < 1.29 is 14.3 Å². The summed E-state index contributed by atoms with van der Waals surface area (Å²) in [7, 11) is 0. The highest BCUT2D eigenvalue weighted by atomic mass is 32.1. The first-order valence-corrected chi connectivity index (χ1v) is 10.9. The number of thiophene rings is 1. The van der Waals surface area contributed by atoms with E-state index in [0.29, 0.717) is 12.2 Å². The Morgan fingerprint density at radius 1 is 1.00 bits per heavy atom. The van der Waals surface area contributed by atoms with Crippen LogP contribution in [0.15, 0.2) is 71.7 Å². The van der Waals surface area contributed by atoms with Crippen LogP contribution in [-0.2, 0) is 4.79 Å². The van der Waals surface area contributed by atoms with E-state index in [9.17, 15) is 9.59 Å². The zero-order valence-corrected chi connectivity index (χ0v) is 18.7. The molecule has 160 valence electrons. The standard InChI is InChI=1S/C25H26N2O3S/c1-17-9-4-6-12-21(17)24(28)27-22(15-20-11-8-14-31-20)25(29)26-19(3)16-30-23-13-7-5-10-18(23)2/h4-15,19H,16H2,1-3H3,(H,26,29)(H,27,28)/b22-15-/t19-/m0/s1. The van der Waals surface area contributed by atoms with Crippen molar-refractivity contribution in [2.24, 2.45) is 0 Å². The number of ether oxygens (including phenoxy) is 1. The molecule has 0 aliphatic rings. The molecule has 0 spiro atoms. The fourth-order valence-electron chi connectivity index (χ4n) is 2.97. The highest BCUT2D eigenvalue weighted by Crippen LogP contribution is 2.17. The number of para-hydroxylation sites is 1. The lowest BCUT2D eigenvalue weighted by Gasteiger charge is -2.18. The Morgan fingerprint density at radius 3 is 2.39 bits per heavy atom. The SMILES string of the molecule is Cc1ccccc1OC[C@H](C)NC(=O)/C(=C/c1cccs1)NC(=O)c1ccccc1C. The van der Waals surface area contributed by atoms with Crippen molar-refractivity contribution >= 4 is 29.2 Å². The van der Waals surface area contributed by atoms with Crippen LogP contribution in [0.3, 0.4) is 0 Å². The summed E-state index contributed by atoms with van der Waals surface area (Å²) >= 11 is 1.49. The minimum atomic E-state index is -0.365. The van der Waals surface area contributed by atoms with Crippen LogP contribution < -0.4 is 15.4 Å². The smallest absolute Gasteiger partial charge is 0.268 e. The molecule has 31 heavy (non-hydrogen) atoms. The Labute approximate surface area is 186 Å². The summed E-state index contributed by atoms with van der Waals surface area (Å²) in [6.07, 6.45) is 1.69. The second kappa shape index (κ2) is 10.6. The molecule has 1 aromatic heterocycles. The number of rotatable bonds is 8. The van der Waals surface area contributed by atoms with Gasteiger partial charge in [0.2, 0.25) is 0 Å². The molecule has 0 bridgehead atoms. The third-order valence-corrected chi connectivity index (χ3v) is 5.49. The third kappa shape index (κ3) is 6.30. The van der Waals surface area contributed by atoms with E-state index in [2.05, 4.69) is 10.6 Å². The Bertz CT molecular complexity index is 1070. The zero-order valence-electron chi connectivity index (χ0n) is 17.8. The van der Waals surface area contributed by atoms with Gasteiger partial charge in [0, 0.05) is 10.4 Å². The van der Waals surface area contributed by atoms with Gasteiger partial charge < -0.3 is 15.4 Å². The molecule has 0 radical (unpaired) electrons. The molecule has 2 aromatic carbocycles. The van der Waals surface area contributed by atoms with Crippen LogP contribution >= 0.6 is 11.3 Å². The van der Waals surface area contributed by atoms with Crippen LogP contribution in [-0.4, -0.2) is 24.5 Å². The van der Waals surface area contributed by atoms with Gasteiger partial charge in [-0.3, -0.25) is 9.59 Å². The molecule has 2 N–H and O–H groups in total. The summed E-state index contributed by atoms with van der Waals surface area (Å²) in [5.41, 5.74) is 2.60. The van der Waals surface area contributed by atoms with Crippen molar-refractivity contribution in [3.8, 4) is 5.75 Å². The van der Waals surface area contributed by atoms with Crippen LogP contribution in [0.25, 0.3) is 6.08 Å². The Balaban J connectivity index is 1.70. The first kappa shape index (κ1) is 22.3. The normalized spacial score (nSPS) is 12.2. The molecule has 1 heterocycles. The van der Waals surface area contributed by atoms with Gasteiger partial charge in [0.1, 0.15) is 18.1 Å². The minimum Gasteiger partial charge on any atom is -0.491 e. The van der Waals surface area contributed by atoms with E-state index in [1.54, 1.807) is 18.2 Å². The Hall–Kier alpha value is -3.38. The van der Waals surface area contributed by atoms with Gasteiger partial charge in [0.15, 0.2) is 0 Å². The lowest BCUT2D eigenvalue weighted by atomic mass is 10.1. The van der Waals surface area contributed by atoms with Gasteiger partial charge in [0.05, 0.1) is 6.04 Å². The molecule has 6 heteroatoms. The number of amides is 2. The molecule has 5 nitrogen and oxygen atoms in total. The largest absolute Gasteiger partial charge is 0.491 e. The van der Waals surface area contributed by atoms with Gasteiger partial charge in [-0.05, 0) is 61.6 Å². The molecule has 0 aliphatic heterocycles. The monoisotopic (exact) mass is 434 g/mol. The van der Waals surface area contributed by atoms with Crippen LogP contribution in [0.5, 0.6) is 5.75 Å². The molecule has 0 unspecified atom stereocenters. The zero-order chi connectivity index (χ0) is 22.2. The quantitative estimate of drug-likeness (QED) is 0.504. The van der Waals surface area contributed by atoms with E-state index in [1.165, 1.54) is 11.3 Å². The van der Waals surface area contributed by atoms with Crippen molar-refractivity contribution in [1.29, 1.82) is 0 Å². The van der Waals surface area contributed by atoms with Crippen molar-refractivity contribution in [3.05, 3.63) is 93.3 Å². The lowest BCUT2D eigenvalue weighted by molar-refractivity contribution is -0.118. The summed E-state index contributed by atoms with van der Waals surface area (Å²) in [5, 5.41) is 7.61. The molecule has 0 saturated carbocycles. The molecule has 0 aliphatic carbocycles. The van der Waals surface area contributed by atoms with E-state index in [0.717, 1.165) is 21.8 Å². The van der Waals surface area contributed by atoms with Crippen LogP contribution in [0.4, 0.5) is 0 Å². The van der Waals surface area contributed by atoms with E-state index in [1.807, 2.05) is 74.7 Å². The van der Waals surface area contributed by atoms with Gasteiger partial charge in [-0.15, -0.1) is 11.3 Å². The van der Waals surface area contributed by atoms with E-state index in [4.69, 9.17) is 4.74 Å². The summed E-state index contributed by atoms with van der Waals surface area (Å²) in [6, 6.07) is 18.5. The number of carbonyl (C=O) groups excluding carboxylic acids is 2. The third-order valence-electron chi connectivity index (χ3n) is 4.67. The van der Waals surface area contributed by atoms with Gasteiger partial charge in [0.25, 0.3) is 11.8 Å². The number of carbonyl (C=O) groups is 2. The topological polar surface area (TPSA) is 67.4 Å². The van der Waals surface area contributed by atoms with Crippen LogP contribution in [0.2, 0.25) is 0 Å². The first-order valence-electron chi connectivity index (χ1n) is 10.1. The van der Waals surface area contributed by atoms with Crippen molar-refractivity contribution in [2.45, 2.75) is 26.8 Å². The minimum absolute atomic E-state index is 0.193. The van der Waals surface area contributed by atoms with Crippen molar-refractivity contribution in [1.82, 2.24) is 10.6 Å². The molecule has 0 fully saturated rings. The predicted molar refractivity (Wildman–Crippen MR) is 125 cm³/mol. The van der Waals surface area contributed by atoms with Gasteiger partial charge >= 0.3 is 0 Å². The summed E-state index contributed by atoms with van der Waals surface area (Å²) < 4.78 is 5.83. The lowest BCUT2D eigenvalue weighted by Crippen LogP contribution is -2.41. The van der Waals surface area contributed by atoms with E-state index < -0.39 is 0 Å². The van der Waals surface area contributed by atoms with Crippen LogP contribution in [0.1, 0.15) is 33.3 Å². The summed E-state index contributed by atoms with van der Waals surface area (Å²) in [6.45, 7) is 6.01. The molecule has 3 aromatic rings. The molecular formula is C25H26N2O3S. The summed E-state index contributed by atoms with van der Waals surface area (Å²) in [5.74, 6) is 0.0990. The second-order valence-electron chi connectivity index (χ2n) is 7.29. The maximum atomic E-state index is 13.0. The fraction of sp³-hybridized carbons (Fsp3) is 0.200. The van der Waals surface area contributed by atoms with Crippen molar-refractivity contribution in [2.75, 3.05) is 6.61 Å². The van der Waals surface area contributed by atoms with E-state index >= 15 is 0 Å². The number of nitrogens with one attached hydrogen (secondary N) is 2. The molecule has 1 atom stereocenters. The Morgan fingerprint density at radius 2 is 1.71 bits per heavy atom. The Kier molecular flexibility index (Phi) is 7.62. The maximum Gasteiger partial charge on any atom is 0.268 e. The predicted octanol–water partition coefficient (Wildman–Crippen LogP) is 4.72. The first-order chi connectivity index (χ1) is 14.9.